The van der Waals surface area contributed by atoms with Crippen molar-refractivity contribution in [3.05, 3.63) is 45.8 Å². The van der Waals surface area contributed by atoms with Crippen molar-refractivity contribution in [2.75, 3.05) is 18.5 Å². The van der Waals surface area contributed by atoms with Crippen LogP contribution in [0.15, 0.2) is 29.6 Å². The lowest BCUT2D eigenvalue weighted by Crippen LogP contribution is -2.22. The highest BCUT2D eigenvalue weighted by Crippen LogP contribution is 2.17. The molecule has 2 heterocycles. The lowest BCUT2D eigenvalue weighted by Gasteiger charge is -2.19. The standard InChI is InChI=1S/C16H20N2O2S/c1-3-5-13-10-12(16(19)20)11-15(17-13)18(2)8-7-14-6-4-9-21-14/h4,6,9-11H,3,5,7-8H2,1-2H3,(H,19,20). The third-order valence-electron chi connectivity index (χ3n) is 3.28. The third-order valence-corrected chi connectivity index (χ3v) is 4.22. The van der Waals surface area contributed by atoms with Crippen LogP contribution >= 0.6 is 11.3 Å². The lowest BCUT2D eigenvalue weighted by atomic mass is 10.1. The largest absolute Gasteiger partial charge is 0.478 e. The summed E-state index contributed by atoms with van der Waals surface area (Å²) in [6, 6.07) is 7.48. The Labute approximate surface area is 129 Å². The zero-order chi connectivity index (χ0) is 15.2. The summed E-state index contributed by atoms with van der Waals surface area (Å²) in [6.07, 6.45) is 2.69. The fourth-order valence-corrected chi connectivity index (χ4v) is 2.82. The minimum absolute atomic E-state index is 0.312. The molecule has 0 saturated heterocycles. The molecule has 5 heteroatoms. The van der Waals surface area contributed by atoms with Gasteiger partial charge in [0, 0.05) is 24.2 Å². The number of hydrogen-bond donors (Lipinski definition) is 1. The summed E-state index contributed by atoms with van der Waals surface area (Å²) in [5.74, 6) is -0.169. The van der Waals surface area contributed by atoms with Crippen LogP contribution in [-0.4, -0.2) is 29.7 Å². The molecule has 0 fully saturated rings. The van der Waals surface area contributed by atoms with Crippen LogP contribution in [0.1, 0.15) is 34.3 Å². The Morgan fingerprint density at radius 1 is 1.38 bits per heavy atom. The van der Waals surface area contributed by atoms with Gasteiger partial charge in [-0.25, -0.2) is 9.78 Å². The van der Waals surface area contributed by atoms with Gasteiger partial charge in [-0.2, -0.15) is 0 Å². The number of aromatic carboxylic acids is 1. The number of aromatic nitrogens is 1. The van der Waals surface area contributed by atoms with Gasteiger partial charge in [-0.05, 0) is 36.4 Å². The van der Waals surface area contributed by atoms with E-state index < -0.39 is 5.97 Å². The van der Waals surface area contributed by atoms with Gasteiger partial charge in [0.25, 0.3) is 0 Å². The summed E-state index contributed by atoms with van der Waals surface area (Å²) < 4.78 is 0. The fraction of sp³-hybridized carbons (Fsp3) is 0.375. The topological polar surface area (TPSA) is 53.4 Å². The number of likely N-dealkylation sites (N-methyl/N-ethyl adjacent to an activating group) is 1. The van der Waals surface area contributed by atoms with Crippen molar-refractivity contribution in [1.82, 2.24) is 4.98 Å². The first-order valence-corrected chi connectivity index (χ1v) is 7.96. The normalized spacial score (nSPS) is 10.6. The third kappa shape index (κ3) is 4.29. The van der Waals surface area contributed by atoms with Crippen LogP contribution in [0.3, 0.4) is 0 Å². The fourth-order valence-electron chi connectivity index (χ4n) is 2.12. The van der Waals surface area contributed by atoms with Gasteiger partial charge in [-0.3, -0.25) is 0 Å². The number of carboxylic acid groups (broad SMARTS) is 1. The number of nitrogens with zero attached hydrogens (tertiary/aromatic N) is 2. The Bertz CT molecular complexity index is 596. The number of carboxylic acids is 1. The molecule has 0 bridgehead atoms. The number of thiophene rings is 1. The highest BCUT2D eigenvalue weighted by Gasteiger charge is 2.11. The number of aryl methyl sites for hydroxylation is 1. The predicted molar refractivity (Wildman–Crippen MR) is 86.5 cm³/mol. The zero-order valence-corrected chi connectivity index (χ0v) is 13.2. The molecule has 0 aliphatic heterocycles. The smallest absolute Gasteiger partial charge is 0.335 e. The van der Waals surface area contributed by atoms with Crippen LogP contribution in [0.2, 0.25) is 0 Å². The van der Waals surface area contributed by atoms with Crippen molar-refractivity contribution >= 4 is 23.1 Å². The van der Waals surface area contributed by atoms with Crippen LogP contribution < -0.4 is 4.90 Å². The van der Waals surface area contributed by atoms with Crippen LogP contribution in [0.5, 0.6) is 0 Å². The van der Waals surface area contributed by atoms with E-state index in [0.717, 1.165) is 37.3 Å². The molecule has 2 aromatic rings. The SMILES string of the molecule is CCCc1cc(C(=O)O)cc(N(C)CCc2cccs2)n1. The number of hydrogen-bond acceptors (Lipinski definition) is 4. The van der Waals surface area contributed by atoms with Gasteiger partial charge >= 0.3 is 5.97 Å². The lowest BCUT2D eigenvalue weighted by molar-refractivity contribution is 0.0696. The van der Waals surface area contributed by atoms with Crippen molar-refractivity contribution in [1.29, 1.82) is 0 Å². The number of carbonyl (C=O) groups is 1. The highest BCUT2D eigenvalue weighted by molar-refractivity contribution is 7.09. The number of anilines is 1. The Balaban J connectivity index is 2.14. The molecule has 0 aliphatic carbocycles. The Kier molecular flexibility index (Phi) is 5.33. The van der Waals surface area contributed by atoms with Gasteiger partial charge in [-0.15, -0.1) is 11.3 Å². The first kappa shape index (κ1) is 15.5. The molecule has 4 nitrogen and oxygen atoms in total. The van der Waals surface area contributed by atoms with E-state index in [9.17, 15) is 9.90 Å². The van der Waals surface area contributed by atoms with E-state index in [1.807, 2.05) is 18.0 Å². The maximum absolute atomic E-state index is 11.2. The second-order valence-electron chi connectivity index (χ2n) is 5.01. The summed E-state index contributed by atoms with van der Waals surface area (Å²) in [4.78, 5) is 19.1. The van der Waals surface area contributed by atoms with Crippen molar-refractivity contribution in [2.45, 2.75) is 26.2 Å². The van der Waals surface area contributed by atoms with Crippen molar-refractivity contribution in [2.24, 2.45) is 0 Å². The average molecular weight is 304 g/mol. The van der Waals surface area contributed by atoms with Gasteiger partial charge in [0.15, 0.2) is 0 Å². The molecular weight excluding hydrogens is 284 g/mol. The molecule has 1 N–H and O–H groups in total. The van der Waals surface area contributed by atoms with Crippen molar-refractivity contribution in [3.8, 4) is 0 Å². The van der Waals surface area contributed by atoms with E-state index >= 15 is 0 Å². The highest BCUT2D eigenvalue weighted by atomic mass is 32.1. The van der Waals surface area contributed by atoms with Gasteiger partial charge in [0.05, 0.1) is 5.56 Å². The Morgan fingerprint density at radius 3 is 2.81 bits per heavy atom. The van der Waals surface area contributed by atoms with Crippen molar-refractivity contribution < 1.29 is 9.90 Å². The molecule has 0 spiro atoms. The molecule has 2 aromatic heterocycles. The first-order chi connectivity index (χ1) is 10.1. The molecule has 0 aliphatic rings. The van der Waals surface area contributed by atoms with Crippen LogP contribution in [0.4, 0.5) is 5.82 Å². The second-order valence-corrected chi connectivity index (χ2v) is 6.04. The van der Waals surface area contributed by atoms with Crippen LogP contribution in [0.25, 0.3) is 0 Å². The van der Waals surface area contributed by atoms with Crippen LogP contribution in [0, 0.1) is 0 Å². The number of rotatable bonds is 7. The molecule has 21 heavy (non-hydrogen) atoms. The molecule has 112 valence electrons. The molecule has 2 rings (SSSR count). The molecule has 0 aromatic carbocycles. The van der Waals surface area contributed by atoms with E-state index in [1.165, 1.54) is 4.88 Å². The quantitative estimate of drug-likeness (QED) is 0.851. The molecule has 0 saturated carbocycles. The van der Waals surface area contributed by atoms with E-state index in [0.29, 0.717) is 5.56 Å². The van der Waals surface area contributed by atoms with Crippen molar-refractivity contribution in [3.63, 3.8) is 0 Å². The van der Waals surface area contributed by atoms with E-state index in [-0.39, 0.29) is 0 Å². The van der Waals surface area contributed by atoms with Gasteiger partial charge < -0.3 is 10.0 Å². The maximum Gasteiger partial charge on any atom is 0.335 e. The molecule has 0 atom stereocenters. The zero-order valence-electron chi connectivity index (χ0n) is 12.4. The summed E-state index contributed by atoms with van der Waals surface area (Å²) in [6.45, 7) is 2.89. The molecule has 0 amide bonds. The Morgan fingerprint density at radius 2 is 2.19 bits per heavy atom. The van der Waals surface area contributed by atoms with Gasteiger partial charge in [-0.1, -0.05) is 19.4 Å². The summed E-state index contributed by atoms with van der Waals surface area (Å²) in [7, 11) is 1.96. The summed E-state index contributed by atoms with van der Waals surface area (Å²) in [5.41, 5.74) is 1.15. The molecule has 0 unspecified atom stereocenters. The monoisotopic (exact) mass is 304 g/mol. The first-order valence-electron chi connectivity index (χ1n) is 7.08. The Hall–Kier alpha value is -1.88. The van der Waals surface area contributed by atoms with Gasteiger partial charge in [0.2, 0.25) is 0 Å². The van der Waals surface area contributed by atoms with E-state index in [2.05, 4.69) is 23.4 Å². The average Bonchev–Trinajstić information content (AvgIpc) is 2.98. The van der Waals surface area contributed by atoms with Gasteiger partial charge in [0.1, 0.15) is 5.82 Å². The summed E-state index contributed by atoms with van der Waals surface area (Å²) >= 11 is 1.74. The number of pyridine rings is 1. The maximum atomic E-state index is 11.2. The minimum atomic E-state index is -0.900. The predicted octanol–water partition coefficient (Wildman–Crippen LogP) is 3.47. The molecule has 0 radical (unpaired) electrons. The molecular formula is C16H20N2O2S. The van der Waals surface area contributed by atoms with E-state index in [1.54, 1.807) is 23.5 Å². The van der Waals surface area contributed by atoms with Crippen LogP contribution in [-0.2, 0) is 12.8 Å². The minimum Gasteiger partial charge on any atom is -0.478 e. The summed E-state index contributed by atoms with van der Waals surface area (Å²) in [5, 5.41) is 11.3. The second kappa shape index (κ2) is 7.22. The van der Waals surface area contributed by atoms with E-state index in [4.69, 9.17) is 0 Å².